The maximum absolute atomic E-state index is 12.6. The summed E-state index contributed by atoms with van der Waals surface area (Å²) in [4.78, 5) is 33.6. The van der Waals surface area contributed by atoms with Crippen molar-refractivity contribution in [3.8, 4) is 10.4 Å². The second kappa shape index (κ2) is 7.49. The zero-order valence-electron chi connectivity index (χ0n) is 14.2. The smallest absolute Gasteiger partial charge is 0.339 e. The topological polar surface area (TPSA) is 92.2 Å². The van der Waals surface area contributed by atoms with Gasteiger partial charge in [-0.3, -0.25) is 9.78 Å². The third-order valence-corrected chi connectivity index (χ3v) is 5.60. The molecule has 0 aliphatic heterocycles. The van der Waals surface area contributed by atoms with Crippen molar-refractivity contribution in [3.05, 3.63) is 75.8 Å². The fourth-order valence-corrected chi connectivity index (χ4v) is 3.99. The number of aromatic carboxylic acids is 1. The fourth-order valence-electron chi connectivity index (χ4n) is 2.73. The molecule has 0 spiro atoms. The van der Waals surface area contributed by atoms with Crippen LogP contribution in [0.4, 0.5) is 5.69 Å². The molecule has 0 radical (unpaired) electrons. The van der Waals surface area contributed by atoms with E-state index in [1.807, 2.05) is 36.4 Å². The summed E-state index contributed by atoms with van der Waals surface area (Å²) in [6.45, 7) is 0. The number of benzene rings is 2. The first kappa shape index (κ1) is 18.3. The van der Waals surface area contributed by atoms with Crippen LogP contribution < -0.4 is 5.32 Å². The van der Waals surface area contributed by atoms with Gasteiger partial charge < -0.3 is 10.4 Å². The van der Waals surface area contributed by atoms with E-state index in [9.17, 15) is 14.7 Å². The number of nitrogens with one attached hydrogen (secondary N) is 1. The standard InChI is InChI=1S/C20H12BrN3O3S/c21-12-7-5-11(6-8-12)18-17(20(26)27)16(10-28-18)24-19(25)15-9-22-13-3-1-2-4-14(13)23-15/h1-10H,(H,24,25)(H,26,27). The Morgan fingerprint density at radius 1 is 1.04 bits per heavy atom. The molecule has 6 nitrogen and oxygen atoms in total. The summed E-state index contributed by atoms with van der Waals surface area (Å²) >= 11 is 4.62. The van der Waals surface area contributed by atoms with Gasteiger partial charge >= 0.3 is 5.97 Å². The number of fused-ring (bicyclic) bond motifs is 1. The van der Waals surface area contributed by atoms with Crippen LogP contribution in [0.2, 0.25) is 0 Å². The van der Waals surface area contributed by atoms with Crippen LogP contribution in [0.5, 0.6) is 0 Å². The summed E-state index contributed by atoms with van der Waals surface area (Å²) in [6, 6.07) is 14.5. The number of aromatic nitrogens is 2. The Balaban J connectivity index is 1.68. The van der Waals surface area contributed by atoms with Gasteiger partial charge in [-0.15, -0.1) is 11.3 Å². The Labute approximate surface area is 172 Å². The van der Waals surface area contributed by atoms with Gasteiger partial charge in [-0.25, -0.2) is 9.78 Å². The molecule has 4 rings (SSSR count). The number of hydrogen-bond acceptors (Lipinski definition) is 5. The van der Waals surface area contributed by atoms with E-state index in [0.29, 0.717) is 15.9 Å². The SMILES string of the molecule is O=C(Nc1csc(-c2ccc(Br)cc2)c1C(=O)O)c1cnc2ccccc2n1. The van der Waals surface area contributed by atoms with Crippen molar-refractivity contribution >= 4 is 55.9 Å². The number of halogens is 1. The average Bonchev–Trinajstić information content (AvgIpc) is 3.12. The summed E-state index contributed by atoms with van der Waals surface area (Å²) in [5.41, 5.74) is 2.43. The van der Waals surface area contributed by atoms with Crippen LogP contribution in [0.15, 0.2) is 64.6 Å². The minimum atomic E-state index is -1.11. The minimum absolute atomic E-state index is 0.0504. The van der Waals surface area contributed by atoms with Crippen LogP contribution in [0.25, 0.3) is 21.5 Å². The molecule has 4 aromatic rings. The van der Waals surface area contributed by atoms with Crippen molar-refractivity contribution in [3.63, 3.8) is 0 Å². The number of anilines is 1. The zero-order chi connectivity index (χ0) is 19.7. The van der Waals surface area contributed by atoms with Crippen LogP contribution in [0.1, 0.15) is 20.8 Å². The lowest BCUT2D eigenvalue weighted by Gasteiger charge is -2.06. The molecular weight excluding hydrogens is 442 g/mol. The van der Waals surface area contributed by atoms with E-state index in [1.54, 1.807) is 17.5 Å². The monoisotopic (exact) mass is 453 g/mol. The highest BCUT2D eigenvalue weighted by Gasteiger charge is 2.22. The maximum atomic E-state index is 12.6. The fraction of sp³-hybridized carbons (Fsp3) is 0. The van der Waals surface area contributed by atoms with E-state index in [4.69, 9.17) is 0 Å². The van der Waals surface area contributed by atoms with Gasteiger partial charge in [-0.05, 0) is 29.8 Å². The van der Waals surface area contributed by atoms with E-state index in [2.05, 4.69) is 31.2 Å². The number of thiophene rings is 1. The van der Waals surface area contributed by atoms with Crippen molar-refractivity contribution in [2.75, 3.05) is 5.32 Å². The molecule has 0 saturated carbocycles. The summed E-state index contributed by atoms with van der Waals surface area (Å²) in [5, 5.41) is 14.0. The van der Waals surface area contributed by atoms with Gasteiger partial charge in [0.15, 0.2) is 0 Å². The van der Waals surface area contributed by atoms with E-state index in [-0.39, 0.29) is 16.9 Å². The Morgan fingerprint density at radius 3 is 2.46 bits per heavy atom. The number of amides is 1. The highest BCUT2D eigenvalue weighted by atomic mass is 79.9. The molecule has 0 aliphatic rings. The van der Waals surface area contributed by atoms with Crippen LogP contribution in [0.3, 0.4) is 0 Å². The first-order chi connectivity index (χ1) is 13.5. The molecule has 2 N–H and O–H groups in total. The molecule has 0 bridgehead atoms. The summed E-state index contributed by atoms with van der Waals surface area (Å²) < 4.78 is 0.896. The first-order valence-electron chi connectivity index (χ1n) is 8.17. The molecule has 0 atom stereocenters. The Morgan fingerprint density at radius 2 is 1.75 bits per heavy atom. The van der Waals surface area contributed by atoms with Crippen molar-refractivity contribution in [2.24, 2.45) is 0 Å². The van der Waals surface area contributed by atoms with Gasteiger partial charge in [-0.1, -0.05) is 40.2 Å². The number of carboxylic acids is 1. The quantitative estimate of drug-likeness (QED) is 0.449. The predicted molar refractivity (Wildman–Crippen MR) is 112 cm³/mol. The number of carbonyl (C=O) groups is 2. The highest BCUT2D eigenvalue weighted by molar-refractivity contribution is 9.10. The van der Waals surface area contributed by atoms with Crippen molar-refractivity contribution in [1.29, 1.82) is 0 Å². The number of nitrogens with zero attached hydrogens (tertiary/aromatic N) is 2. The predicted octanol–water partition coefficient (Wildman–Crippen LogP) is 5.07. The van der Waals surface area contributed by atoms with E-state index in [1.165, 1.54) is 17.5 Å². The van der Waals surface area contributed by atoms with Crippen LogP contribution >= 0.6 is 27.3 Å². The normalized spacial score (nSPS) is 10.8. The molecule has 0 saturated heterocycles. The molecule has 2 aromatic heterocycles. The van der Waals surface area contributed by atoms with Crippen LogP contribution in [-0.4, -0.2) is 27.0 Å². The lowest BCUT2D eigenvalue weighted by atomic mass is 10.1. The van der Waals surface area contributed by atoms with Gasteiger partial charge in [0.25, 0.3) is 5.91 Å². The molecule has 28 heavy (non-hydrogen) atoms. The number of hydrogen-bond donors (Lipinski definition) is 2. The second-order valence-electron chi connectivity index (χ2n) is 5.86. The van der Waals surface area contributed by atoms with Gasteiger partial charge in [0, 0.05) is 9.85 Å². The zero-order valence-corrected chi connectivity index (χ0v) is 16.6. The second-order valence-corrected chi connectivity index (χ2v) is 7.66. The van der Waals surface area contributed by atoms with Crippen molar-refractivity contribution in [1.82, 2.24) is 9.97 Å². The Kier molecular flexibility index (Phi) is 4.89. The lowest BCUT2D eigenvalue weighted by Crippen LogP contribution is -2.15. The van der Waals surface area contributed by atoms with Gasteiger partial charge in [-0.2, -0.15) is 0 Å². The highest BCUT2D eigenvalue weighted by Crippen LogP contribution is 2.36. The third kappa shape index (κ3) is 3.51. The maximum Gasteiger partial charge on any atom is 0.339 e. The molecule has 2 heterocycles. The molecule has 8 heteroatoms. The molecule has 0 unspecified atom stereocenters. The molecular formula is C20H12BrN3O3S. The Hall–Kier alpha value is -3.10. The summed E-state index contributed by atoms with van der Waals surface area (Å²) in [6.07, 6.45) is 1.38. The van der Waals surface area contributed by atoms with E-state index in [0.717, 1.165) is 10.0 Å². The number of para-hydroxylation sites is 2. The third-order valence-electron chi connectivity index (χ3n) is 4.04. The Bertz CT molecular complexity index is 1210. The number of carboxylic acid groups (broad SMARTS) is 1. The van der Waals surface area contributed by atoms with Gasteiger partial charge in [0.2, 0.25) is 0 Å². The van der Waals surface area contributed by atoms with Gasteiger partial charge in [0.1, 0.15) is 11.3 Å². The van der Waals surface area contributed by atoms with Crippen molar-refractivity contribution in [2.45, 2.75) is 0 Å². The van der Waals surface area contributed by atoms with E-state index < -0.39 is 11.9 Å². The summed E-state index contributed by atoms with van der Waals surface area (Å²) in [7, 11) is 0. The molecule has 0 fully saturated rings. The number of rotatable bonds is 4. The minimum Gasteiger partial charge on any atom is -0.478 e. The average molecular weight is 454 g/mol. The first-order valence-corrected chi connectivity index (χ1v) is 9.84. The van der Waals surface area contributed by atoms with Crippen molar-refractivity contribution < 1.29 is 14.7 Å². The molecule has 0 aliphatic carbocycles. The lowest BCUT2D eigenvalue weighted by molar-refractivity contribution is 0.0699. The summed E-state index contributed by atoms with van der Waals surface area (Å²) in [5.74, 6) is -1.63. The largest absolute Gasteiger partial charge is 0.478 e. The molecule has 138 valence electrons. The van der Waals surface area contributed by atoms with Crippen LogP contribution in [-0.2, 0) is 0 Å². The molecule has 1 amide bonds. The number of carbonyl (C=O) groups excluding carboxylic acids is 1. The van der Waals surface area contributed by atoms with E-state index >= 15 is 0 Å². The molecule has 2 aromatic carbocycles. The van der Waals surface area contributed by atoms with Crippen LogP contribution in [0, 0.1) is 0 Å². The van der Waals surface area contributed by atoms with Gasteiger partial charge in [0.05, 0.1) is 27.8 Å².